The largest absolute Gasteiger partial charge is 0.489 e. The Bertz CT molecular complexity index is 1080. The highest BCUT2D eigenvalue weighted by atomic mass is 19.4. The van der Waals surface area contributed by atoms with Crippen LogP contribution in [-0.2, 0) is 15.7 Å². The summed E-state index contributed by atoms with van der Waals surface area (Å²) in [5.41, 5.74) is -0.635. The van der Waals surface area contributed by atoms with Crippen molar-refractivity contribution in [1.29, 1.82) is 0 Å². The summed E-state index contributed by atoms with van der Waals surface area (Å²) in [6, 6.07) is 10.8. The third kappa shape index (κ3) is 5.65. The maximum absolute atomic E-state index is 13.6. The van der Waals surface area contributed by atoms with Gasteiger partial charge >= 0.3 is 12.1 Å². The highest BCUT2D eigenvalue weighted by Crippen LogP contribution is 2.35. The molecule has 2 aliphatic heterocycles. The zero-order valence-electron chi connectivity index (χ0n) is 19.9. The molecule has 2 heterocycles. The van der Waals surface area contributed by atoms with Crippen LogP contribution in [0.2, 0.25) is 0 Å². The Morgan fingerprint density at radius 3 is 2.50 bits per heavy atom. The van der Waals surface area contributed by atoms with Gasteiger partial charge in [0.1, 0.15) is 17.4 Å². The minimum absolute atomic E-state index is 0.152. The number of amides is 1. The van der Waals surface area contributed by atoms with E-state index in [9.17, 15) is 22.8 Å². The molecule has 10 heteroatoms. The van der Waals surface area contributed by atoms with Crippen LogP contribution in [0.4, 0.5) is 13.2 Å². The van der Waals surface area contributed by atoms with E-state index in [4.69, 9.17) is 14.6 Å². The summed E-state index contributed by atoms with van der Waals surface area (Å²) in [5.74, 6) is -1.02. The number of likely N-dealkylation sites (tertiary alicyclic amines) is 1. The van der Waals surface area contributed by atoms with Crippen molar-refractivity contribution in [3.63, 3.8) is 0 Å². The van der Waals surface area contributed by atoms with Gasteiger partial charge in [-0.05, 0) is 62.1 Å². The van der Waals surface area contributed by atoms with Gasteiger partial charge in [-0.15, -0.1) is 0 Å². The van der Waals surface area contributed by atoms with Crippen LogP contribution in [0.25, 0.3) is 0 Å². The predicted molar refractivity (Wildman–Crippen MR) is 125 cm³/mol. The monoisotopic (exact) mass is 506 g/mol. The Kier molecular flexibility index (Phi) is 7.56. The highest BCUT2D eigenvalue weighted by molar-refractivity contribution is 5.88. The Hall–Kier alpha value is -3.11. The highest BCUT2D eigenvalue weighted by Gasteiger charge is 2.48. The number of carbonyl (C=O) groups excluding carboxylic acids is 1. The van der Waals surface area contributed by atoms with Crippen molar-refractivity contribution in [2.45, 2.75) is 50.0 Å². The summed E-state index contributed by atoms with van der Waals surface area (Å²) >= 11 is 0. The number of benzene rings is 2. The Labute approximate surface area is 207 Å². The van der Waals surface area contributed by atoms with Crippen molar-refractivity contribution >= 4 is 11.9 Å². The van der Waals surface area contributed by atoms with E-state index in [0.29, 0.717) is 45.6 Å². The molecule has 2 fully saturated rings. The number of nitrogens with zero attached hydrogens (tertiary/aromatic N) is 1. The molecule has 0 spiro atoms. The van der Waals surface area contributed by atoms with Gasteiger partial charge in [0.25, 0.3) is 0 Å². The lowest BCUT2D eigenvalue weighted by molar-refractivity contribution is -0.141. The Morgan fingerprint density at radius 1 is 1.17 bits per heavy atom. The maximum atomic E-state index is 13.6. The molecular weight excluding hydrogens is 477 g/mol. The zero-order valence-corrected chi connectivity index (χ0v) is 19.9. The van der Waals surface area contributed by atoms with Crippen molar-refractivity contribution in [2.24, 2.45) is 0 Å². The van der Waals surface area contributed by atoms with E-state index in [1.54, 1.807) is 12.1 Å². The number of ether oxygens (including phenoxy) is 2. The smallest absolute Gasteiger partial charge is 0.416 e. The first kappa shape index (κ1) is 26.0. The van der Waals surface area contributed by atoms with Gasteiger partial charge in [-0.2, -0.15) is 13.2 Å². The van der Waals surface area contributed by atoms with E-state index < -0.39 is 23.2 Å². The van der Waals surface area contributed by atoms with Gasteiger partial charge in [-0.1, -0.05) is 18.2 Å². The minimum atomic E-state index is -4.45. The van der Waals surface area contributed by atoms with E-state index in [1.165, 1.54) is 24.3 Å². The van der Waals surface area contributed by atoms with Crippen LogP contribution >= 0.6 is 0 Å². The van der Waals surface area contributed by atoms with Crippen LogP contribution < -0.4 is 10.1 Å². The van der Waals surface area contributed by atoms with E-state index >= 15 is 0 Å². The molecule has 0 aromatic heterocycles. The number of alkyl halides is 3. The topological polar surface area (TPSA) is 88.1 Å². The van der Waals surface area contributed by atoms with E-state index in [1.807, 2.05) is 6.92 Å². The van der Waals surface area contributed by atoms with Crippen LogP contribution in [0.15, 0.2) is 48.5 Å². The summed E-state index contributed by atoms with van der Waals surface area (Å²) in [6.07, 6.45) is -3.24. The molecule has 2 aromatic rings. The molecule has 0 radical (unpaired) electrons. The molecule has 2 saturated heterocycles. The minimum Gasteiger partial charge on any atom is -0.489 e. The number of aromatic carboxylic acids is 1. The van der Waals surface area contributed by atoms with Crippen LogP contribution in [0.5, 0.6) is 5.75 Å². The van der Waals surface area contributed by atoms with Crippen molar-refractivity contribution in [3.05, 3.63) is 65.2 Å². The average molecular weight is 507 g/mol. The van der Waals surface area contributed by atoms with Crippen LogP contribution in [0.3, 0.4) is 0 Å². The summed E-state index contributed by atoms with van der Waals surface area (Å²) in [5, 5.41) is 12.2. The molecule has 2 atom stereocenters. The predicted octanol–water partition coefficient (Wildman–Crippen LogP) is 4.28. The molecule has 2 aliphatic rings. The summed E-state index contributed by atoms with van der Waals surface area (Å²) < 4.78 is 50.6. The molecule has 194 valence electrons. The molecule has 0 aliphatic carbocycles. The second-order valence-corrected chi connectivity index (χ2v) is 9.27. The second-order valence-electron chi connectivity index (χ2n) is 9.27. The molecule has 1 unspecified atom stereocenters. The number of carboxylic acids is 1. The standard InChI is InChI=1S/C26H29F3N2O5/c1-17(18-5-7-19(8-6-18)23(32)33)30-24(34)25(10-13-35-14-11-25)31-12-9-22(16-31)36-21-4-2-3-20(15-21)26(27,28)29/h2-8,15,17,22H,9-14,16H2,1H3,(H,30,34)(H,32,33)/t17?,22-/m1/s1. The number of nitrogens with one attached hydrogen (secondary N) is 1. The first-order valence-electron chi connectivity index (χ1n) is 11.9. The number of rotatable bonds is 7. The molecule has 2 aromatic carbocycles. The Balaban J connectivity index is 1.45. The number of hydrogen-bond acceptors (Lipinski definition) is 5. The van der Waals surface area contributed by atoms with Gasteiger partial charge in [0.15, 0.2) is 0 Å². The normalized spacial score (nSPS) is 21.1. The first-order valence-corrected chi connectivity index (χ1v) is 11.9. The average Bonchev–Trinajstić information content (AvgIpc) is 3.33. The van der Waals surface area contributed by atoms with Crippen LogP contribution in [0.1, 0.15) is 53.7 Å². The third-order valence-corrected chi connectivity index (χ3v) is 6.96. The fourth-order valence-corrected chi connectivity index (χ4v) is 4.88. The van der Waals surface area contributed by atoms with Gasteiger partial charge in [0, 0.05) is 26.3 Å². The van der Waals surface area contributed by atoms with Gasteiger partial charge in [-0.3, -0.25) is 9.69 Å². The first-order chi connectivity index (χ1) is 17.1. The van der Waals surface area contributed by atoms with Crippen molar-refractivity contribution in [2.75, 3.05) is 26.3 Å². The zero-order chi connectivity index (χ0) is 25.9. The quantitative estimate of drug-likeness (QED) is 0.583. The van der Waals surface area contributed by atoms with Gasteiger partial charge in [-0.25, -0.2) is 4.79 Å². The molecular formula is C26H29F3N2O5. The molecule has 7 nitrogen and oxygen atoms in total. The van der Waals surface area contributed by atoms with Gasteiger partial charge < -0.3 is 19.9 Å². The molecule has 0 saturated carbocycles. The number of carboxylic acid groups (broad SMARTS) is 1. The maximum Gasteiger partial charge on any atom is 0.416 e. The number of halogens is 3. The molecule has 36 heavy (non-hydrogen) atoms. The number of carbonyl (C=O) groups is 2. The molecule has 1 amide bonds. The SMILES string of the molecule is CC(NC(=O)C1(N2CC[C@@H](Oc3cccc(C(F)(F)F)c3)C2)CCOCC1)c1ccc(C(=O)O)cc1. The van der Waals surface area contributed by atoms with E-state index in [2.05, 4.69) is 10.2 Å². The van der Waals surface area contributed by atoms with Gasteiger partial charge in [0.05, 0.1) is 17.2 Å². The number of hydrogen-bond donors (Lipinski definition) is 2. The van der Waals surface area contributed by atoms with Crippen molar-refractivity contribution < 1.29 is 37.3 Å². The van der Waals surface area contributed by atoms with Crippen molar-refractivity contribution in [3.8, 4) is 5.75 Å². The molecule has 0 bridgehead atoms. The third-order valence-electron chi connectivity index (χ3n) is 6.96. The van der Waals surface area contributed by atoms with Crippen molar-refractivity contribution in [1.82, 2.24) is 10.2 Å². The van der Waals surface area contributed by atoms with E-state index in [0.717, 1.165) is 17.7 Å². The van der Waals surface area contributed by atoms with Gasteiger partial charge in [0.2, 0.25) is 5.91 Å². The fourth-order valence-electron chi connectivity index (χ4n) is 4.88. The Morgan fingerprint density at radius 2 is 1.86 bits per heavy atom. The lowest BCUT2D eigenvalue weighted by Crippen LogP contribution is -2.61. The second kappa shape index (κ2) is 10.5. The lowest BCUT2D eigenvalue weighted by Gasteiger charge is -2.43. The van der Waals surface area contributed by atoms with Crippen LogP contribution in [0, 0.1) is 0 Å². The lowest BCUT2D eigenvalue weighted by atomic mass is 9.86. The summed E-state index contributed by atoms with van der Waals surface area (Å²) in [7, 11) is 0. The summed E-state index contributed by atoms with van der Waals surface area (Å²) in [4.78, 5) is 26.8. The van der Waals surface area contributed by atoms with E-state index in [-0.39, 0.29) is 29.4 Å². The summed E-state index contributed by atoms with van der Waals surface area (Å²) in [6.45, 7) is 3.66. The van der Waals surface area contributed by atoms with Crippen LogP contribution in [-0.4, -0.2) is 59.8 Å². The molecule has 4 rings (SSSR count). The fraction of sp³-hybridized carbons (Fsp3) is 0.462. The molecule has 2 N–H and O–H groups in total.